The smallest absolute Gasteiger partial charge is 0.243 e. The summed E-state index contributed by atoms with van der Waals surface area (Å²) in [4.78, 5) is 2.36. The third-order valence-corrected chi connectivity index (χ3v) is 6.94. The summed E-state index contributed by atoms with van der Waals surface area (Å²) >= 11 is 0. The number of piperazine rings is 1. The summed E-state index contributed by atoms with van der Waals surface area (Å²) in [6.07, 6.45) is 0. The number of benzene rings is 2. The van der Waals surface area contributed by atoms with E-state index >= 15 is 0 Å². The van der Waals surface area contributed by atoms with Crippen molar-refractivity contribution in [3.8, 4) is 11.8 Å². The fourth-order valence-electron chi connectivity index (χ4n) is 3.37. The van der Waals surface area contributed by atoms with Crippen molar-refractivity contribution in [1.29, 1.82) is 5.26 Å². The molecule has 2 aromatic carbocycles. The van der Waals surface area contributed by atoms with Crippen LogP contribution in [-0.2, 0) is 10.0 Å². The minimum atomic E-state index is -3.52. The van der Waals surface area contributed by atoms with Gasteiger partial charge in [-0.25, -0.2) is 8.42 Å². The van der Waals surface area contributed by atoms with Crippen molar-refractivity contribution in [3.63, 3.8) is 0 Å². The second kappa shape index (κ2) is 8.09. The molecule has 1 saturated heterocycles. The van der Waals surface area contributed by atoms with Gasteiger partial charge < -0.3 is 4.74 Å². The van der Waals surface area contributed by atoms with E-state index in [1.54, 1.807) is 32.2 Å². The predicted molar refractivity (Wildman–Crippen MR) is 103 cm³/mol. The largest absolute Gasteiger partial charge is 0.497 e. The van der Waals surface area contributed by atoms with Crippen LogP contribution in [0.4, 0.5) is 0 Å². The van der Waals surface area contributed by atoms with Gasteiger partial charge in [0, 0.05) is 26.2 Å². The maximum absolute atomic E-state index is 12.9. The van der Waals surface area contributed by atoms with Crippen LogP contribution in [-0.4, -0.2) is 50.9 Å². The molecule has 1 fully saturated rings. The molecule has 7 heteroatoms. The van der Waals surface area contributed by atoms with Gasteiger partial charge in [0.15, 0.2) is 0 Å². The molecule has 1 heterocycles. The van der Waals surface area contributed by atoms with E-state index in [2.05, 4.69) is 6.07 Å². The van der Waals surface area contributed by atoms with Crippen molar-refractivity contribution < 1.29 is 13.2 Å². The van der Waals surface area contributed by atoms with Crippen LogP contribution >= 0.6 is 0 Å². The molecular weight excluding hydrogens is 362 g/mol. The quantitative estimate of drug-likeness (QED) is 0.791. The lowest BCUT2D eigenvalue weighted by molar-refractivity contribution is 0.162. The summed E-state index contributed by atoms with van der Waals surface area (Å²) in [5.74, 6) is 0.702. The Labute approximate surface area is 160 Å². The average Bonchev–Trinajstić information content (AvgIpc) is 2.69. The van der Waals surface area contributed by atoms with Crippen molar-refractivity contribution >= 4 is 10.0 Å². The molecule has 0 amide bonds. The molecule has 3 rings (SSSR count). The Balaban J connectivity index is 1.74. The van der Waals surface area contributed by atoms with Gasteiger partial charge in [0.05, 0.1) is 18.1 Å². The van der Waals surface area contributed by atoms with E-state index in [0.29, 0.717) is 36.8 Å². The van der Waals surface area contributed by atoms with Gasteiger partial charge in [0.25, 0.3) is 0 Å². The monoisotopic (exact) mass is 385 g/mol. The van der Waals surface area contributed by atoms with Crippen molar-refractivity contribution in [2.75, 3.05) is 33.3 Å². The number of hydrogen-bond acceptors (Lipinski definition) is 5. The Kier molecular flexibility index (Phi) is 5.80. The fourth-order valence-corrected chi connectivity index (χ4v) is 5.01. The summed E-state index contributed by atoms with van der Waals surface area (Å²) in [5.41, 5.74) is 1.60. The highest BCUT2D eigenvalue weighted by molar-refractivity contribution is 7.89. The minimum absolute atomic E-state index is 0.350. The number of ether oxygens (including phenoxy) is 1. The highest BCUT2D eigenvalue weighted by Gasteiger charge is 2.32. The van der Waals surface area contributed by atoms with E-state index in [9.17, 15) is 13.7 Å². The van der Waals surface area contributed by atoms with E-state index in [-0.39, 0.29) is 0 Å². The fraction of sp³-hybridized carbons (Fsp3) is 0.350. The molecule has 1 aliphatic rings. The lowest BCUT2D eigenvalue weighted by Crippen LogP contribution is -2.49. The van der Waals surface area contributed by atoms with Gasteiger partial charge in [0.1, 0.15) is 11.8 Å². The molecule has 6 nitrogen and oxygen atoms in total. The van der Waals surface area contributed by atoms with Crippen LogP contribution < -0.4 is 4.74 Å². The molecule has 27 heavy (non-hydrogen) atoms. The van der Waals surface area contributed by atoms with Gasteiger partial charge >= 0.3 is 0 Å². The zero-order chi connectivity index (χ0) is 19.4. The first-order valence-electron chi connectivity index (χ1n) is 8.81. The van der Waals surface area contributed by atoms with Crippen LogP contribution in [0.25, 0.3) is 0 Å². The Hall–Kier alpha value is -2.40. The SMILES string of the molecule is COc1cccc(C(C#N)N2CCN(S(=O)(=O)c3ccccc3C)CC2)c1. The molecule has 0 bridgehead atoms. The molecule has 1 unspecified atom stereocenters. The average molecular weight is 385 g/mol. The van der Waals surface area contributed by atoms with E-state index in [4.69, 9.17) is 4.74 Å². The Morgan fingerprint density at radius 2 is 1.78 bits per heavy atom. The summed E-state index contributed by atoms with van der Waals surface area (Å²) in [6.45, 7) is 3.52. The van der Waals surface area contributed by atoms with Crippen molar-refractivity contribution in [2.45, 2.75) is 17.9 Å². The van der Waals surface area contributed by atoms with Crippen molar-refractivity contribution in [1.82, 2.24) is 9.21 Å². The van der Waals surface area contributed by atoms with Gasteiger partial charge in [0.2, 0.25) is 10.0 Å². The minimum Gasteiger partial charge on any atom is -0.497 e. The maximum Gasteiger partial charge on any atom is 0.243 e. The van der Waals surface area contributed by atoms with Crippen LogP contribution in [0.3, 0.4) is 0 Å². The molecule has 0 radical (unpaired) electrons. The zero-order valence-electron chi connectivity index (χ0n) is 15.5. The molecule has 0 N–H and O–H groups in total. The third-order valence-electron chi connectivity index (χ3n) is 4.88. The van der Waals surface area contributed by atoms with E-state index in [1.807, 2.05) is 35.2 Å². The molecule has 1 aliphatic heterocycles. The Morgan fingerprint density at radius 3 is 2.41 bits per heavy atom. The van der Waals surface area contributed by atoms with Crippen LogP contribution in [0, 0.1) is 18.3 Å². The number of nitrogens with zero attached hydrogens (tertiary/aromatic N) is 3. The summed E-state index contributed by atoms with van der Waals surface area (Å²) in [6, 6.07) is 16.4. The first kappa shape index (κ1) is 19.4. The van der Waals surface area contributed by atoms with Crippen molar-refractivity contribution in [2.24, 2.45) is 0 Å². The van der Waals surface area contributed by atoms with Gasteiger partial charge in [-0.05, 0) is 36.2 Å². The van der Waals surface area contributed by atoms with Crippen molar-refractivity contribution in [3.05, 3.63) is 59.7 Å². The molecule has 1 atom stereocenters. The number of rotatable bonds is 5. The van der Waals surface area contributed by atoms with E-state index in [0.717, 1.165) is 11.1 Å². The van der Waals surface area contributed by atoms with E-state index in [1.165, 1.54) is 4.31 Å². The standard InChI is InChI=1S/C20H23N3O3S/c1-16-6-3-4-9-20(16)27(24,25)23-12-10-22(11-13-23)19(15-21)17-7-5-8-18(14-17)26-2/h3-9,14,19H,10-13H2,1-2H3. The summed E-state index contributed by atoms with van der Waals surface area (Å²) in [7, 11) is -1.93. The lowest BCUT2D eigenvalue weighted by atomic mass is 10.1. The molecule has 0 aromatic heterocycles. The topological polar surface area (TPSA) is 73.6 Å². The second-order valence-electron chi connectivity index (χ2n) is 6.51. The van der Waals surface area contributed by atoms with Crippen LogP contribution in [0.5, 0.6) is 5.75 Å². The summed E-state index contributed by atoms with van der Waals surface area (Å²) < 4.78 is 32.6. The third kappa shape index (κ3) is 3.98. The van der Waals surface area contributed by atoms with E-state index < -0.39 is 16.1 Å². The molecule has 0 aliphatic carbocycles. The molecule has 142 valence electrons. The number of sulfonamides is 1. The first-order valence-corrected chi connectivity index (χ1v) is 10.2. The van der Waals surface area contributed by atoms with Crippen LogP contribution in [0.15, 0.2) is 53.4 Å². The van der Waals surface area contributed by atoms with Gasteiger partial charge in [-0.3, -0.25) is 4.90 Å². The first-order chi connectivity index (χ1) is 13.0. The lowest BCUT2D eigenvalue weighted by Gasteiger charge is -2.36. The predicted octanol–water partition coefficient (Wildman–Crippen LogP) is 2.57. The molecular formula is C20H23N3O3S. The number of methoxy groups -OCH3 is 1. The van der Waals surface area contributed by atoms with Crippen LogP contribution in [0.2, 0.25) is 0 Å². The molecule has 0 spiro atoms. The second-order valence-corrected chi connectivity index (χ2v) is 8.42. The number of aryl methyl sites for hydroxylation is 1. The van der Waals surface area contributed by atoms with Gasteiger partial charge in [-0.15, -0.1) is 0 Å². The van der Waals surface area contributed by atoms with Gasteiger partial charge in [-0.1, -0.05) is 30.3 Å². The normalized spacial score (nSPS) is 17.2. The van der Waals surface area contributed by atoms with Crippen LogP contribution in [0.1, 0.15) is 17.2 Å². The molecule has 0 saturated carbocycles. The van der Waals surface area contributed by atoms with Gasteiger partial charge in [-0.2, -0.15) is 9.57 Å². The molecule has 2 aromatic rings. The highest BCUT2D eigenvalue weighted by atomic mass is 32.2. The maximum atomic E-state index is 12.9. The Bertz CT molecular complexity index is 945. The number of nitriles is 1. The summed E-state index contributed by atoms with van der Waals surface area (Å²) in [5, 5.41) is 9.67. The number of hydrogen-bond donors (Lipinski definition) is 0. The Morgan fingerprint density at radius 1 is 1.07 bits per heavy atom. The highest BCUT2D eigenvalue weighted by Crippen LogP contribution is 2.27. The zero-order valence-corrected chi connectivity index (χ0v) is 16.3.